The van der Waals surface area contributed by atoms with Crippen LogP contribution in [0.15, 0.2) is 0 Å². The number of carbonyl (C=O) groups excluding carboxylic acids is 1. The van der Waals surface area contributed by atoms with Crippen molar-refractivity contribution in [2.45, 2.75) is 19.3 Å². The maximum Gasteiger partial charge on any atom is 0.236 e. The van der Waals surface area contributed by atoms with Gasteiger partial charge < -0.3 is 10.6 Å². The van der Waals surface area contributed by atoms with E-state index in [9.17, 15) is 4.79 Å². The summed E-state index contributed by atoms with van der Waals surface area (Å²) >= 11 is 4.92. The van der Waals surface area contributed by atoms with Gasteiger partial charge in [0.05, 0.1) is 11.5 Å². The number of hydrogen-bond donors (Lipinski definition) is 1. The van der Waals surface area contributed by atoms with Gasteiger partial charge >= 0.3 is 0 Å². The number of amides is 1. The highest BCUT2D eigenvalue weighted by atomic mass is 32.1. The lowest BCUT2D eigenvalue weighted by Gasteiger charge is -2.35. The Kier molecular flexibility index (Phi) is 5.54. The second kappa shape index (κ2) is 7.17. The molecule has 5 nitrogen and oxygen atoms in total. The van der Waals surface area contributed by atoms with E-state index in [1.165, 1.54) is 6.42 Å². The third-order valence-corrected chi connectivity index (χ3v) is 4.04. The van der Waals surface area contributed by atoms with E-state index < -0.39 is 0 Å². The maximum atomic E-state index is 12.2. The largest absolute Gasteiger partial charge is 0.392 e. The van der Waals surface area contributed by atoms with Crippen molar-refractivity contribution in [1.29, 1.82) is 0 Å². The summed E-state index contributed by atoms with van der Waals surface area (Å²) in [6, 6.07) is 0. The fourth-order valence-corrected chi connectivity index (χ4v) is 2.94. The van der Waals surface area contributed by atoms with Crippen LogP contribution in [0, 0.1) is 0 Å². The van der Waals surface area contributed by atoms with Crippen LogP contribution in [-0.4, -0.2) is 78.0 Å². The summed E-state index contributed by atoms with van der Waals surface area (Å²) in [6.07, 6.45) is 3.59. The lowest BCUT2D eigenvalue weighted by molar-refractivity contribution is -0.133. The highest BCUT2D eigenvalue weighted by molar-refractivity contribution is 7.80. The highest BCUT2D eigenvalue weighted by Gasteiger charge is 2.22. The van der Waals surface area contributed by atoms with Gasteiger partial charge in [0.2, 0.25) is 5.91 Å². The summed E-state index contributed by atoms with van der Waals surface area (Å²) in [6.45, 7) is 6.92. The molecule has 0 bridgehead atoms. The topological polar surface area (TPSA) is 52.8 Å². The Balaban J connectivity index is 1.69. The van der Waals surface area contributed by atoms with E-state index in [4.69, 9.17) is 18.0 Å². The minimum Gasteiger partial charge on any atom is -0.392 e. The van der Waals surface area contributed by atoms with Crippen LogP contribution in [0.1, 0.15) is 19.3 Å². The molecule has 0 aliphatic carbocycles. The first-order chi connectivity index (χ1) is 9.15. The van der Waals surface area contributed by atoms with Crippen LogP contribution in [0.5, 0.6) is 0 Å². The Morgan fingerprint density at radius 2 is 1.42 bits per heavy atom. The molecule has 0 unspecified atom stereocenters. The van der Waals surface area contributed by atoms with Crippen LogP contribution in [0.2, 0.25) is 0 Å². The first-order valence-electron chi connectivity index (χ1n) is 7.16. The number of rotatable bonds is 4. The number of nitrogens with zero attached hydrogens (tertiary/aromatic N) is 3. The van der Waals surface area contributed by atoms with Gasteiger partial charge in [0.15, 0.2) is 0 Å². The number of carbonyl (C=O) groups is 1. The molecule has 0 spiro atoms. The minimum absolute atomic E-state index is 0.294. The molecule has 2 fully saturated rings. The predicted octanol–water partition coefficient (Wildman–Crippen LogP) is -0.0974. The van der Waals surface area contributed by atoms with Crippen molar-refractivity contribution in [3.05, 3.63) is 0 Å². The molecular weight excluding hydrogens is 260 g/mol. The van der Waals surface area contributed by atoms with E-state index >= 15 is 0 Å². The van der Waals surface area contributed by atoms with Crippen molar-refractivity contribution in [2.24, 2.45) is 5.73 Å². The molecule has 2 heterocycles. The Morgan fingerprint density at radius 3 is 1.95 bits per heavy atom. The summed E-state index contributed by atoms with van der Waals surface area (Å²) in [7, 11) is 0. The minimum atomic E-state index is 0.294. The molecular formula is C13H24N4OS. The molecule has 2 N–H and O–H groups in total. The standard InChI is InChI=1S/C13H24N4OS/c14-12(19)10-15-6-8-16(9-7-15)11-13(18)17-4-2-1-3-5-17/h1-11H2,(H2,14,19). The maximum absolute atomic E-state index is 12.2. The summed E-state index contributed by atoms with van der Waals surface area (Å²) in [5, 5.41) is 0. The monoisotopic (exact) mass is 284 g/mol. The fourth-order valence-electron chi connectivity index (χ4n) is 2.76. The predicted molar refractivity (Wildman–Crippen MR) is 80.1 cm³/mol. The SMILES string of the molecule is NC(=S)CN1CCN(CC(=O)N2CCCCC2)CC1. The molecule has 19 heavy (non-hydrogen) atoms. The number of likely N-dealkylation sites (tertiary alicyclic amines) is 1. The summed E-state index contributed by atoms with van der Waals surface area (Å²) in [5.74, 6) is 0.294. The zero-order valence-electron chi connectivity index (χ0n) is 11.5. The molecule has 2 aliphatic rings. The molecule has 108 valence electrons. The van der Waals surface area contributed by atoms with E-state index in [2.05, 4.69) is 9.80 Å². The molecule has 0 aromatic rings. The average Bonchev–Trinajstić information content (AvgIpc) is 2.41. The first-order valence-corrected chi connectivity index (χ1v) is 7.57. The molecule has 0 aromatic carbocycles. The van der Waals surface area contributed by atoms with Crippen molar-refractivity contribution in [3.63, 3.8) is 0 Å². The van der Waals surface area contributed by atoms with Gasteiger partial charge in [-0.15, -0.1) is 0 Å². The molecule has 2 aliphatic heterocycles. The Hall–Kier alpha value is -0.720. The molecule has 1 amide bonds. The lowest BCUT2D eigenvalue weighted by Crippen LogP contribution is -2.51. The van der Waals surface area contributed by atoms with Gasteiger partial charge in [-0.3, -0.25) is 14.6 Å². The number of piperidine rings is 1. The Labute approximate surface area is 120 Å². The van der Waals surface area contributed by atoms with Crippen molar-refractivity contribution >= 4 is 23.1 Å². The second-order valence-corrected chi connectivity index (χ2v) is 5.98. The molecule has 0 radical (unpaired) electrons. The molecule has 2 rings (SSSR count). The van der Waals surface area contributed by atoms with Gasteiger partial charge in [-0.1, -0.05) is 12.2 Å². The van der Waals surface area contributed by atoms with Gasteiger partial charge in [0.1, 0.15) is 0 Å². The van der Waals surface area contributed by atoms with Crippen LogP contribution >= 0.6 is 12.2 Å². The van der Waals surface area contributed by atoms with E-state index in [0.29, 0.717) is 24.0 Å². The summed E-state index contributed by atoms with van der Waals surface area (Å²) in [5.41, 5.74) is 5.55. The average molecular weight is 284 g/mol. The van der Waals surface area contributed by atoms with Crippen LogP contribution in [0.25, 0.3) is 0 Å². The summed E-state index contributed by atoms with van der Waals surface area (Å²) in [4.78, 5) is 19.2. The van der Waals surface area contributed by atoms with Crippen molar-refractivity contribution in [3.8, 4) is 0 Å². The first kappa shape index (κ1) is 14.7. The number of nitrogens with two attached hydrogens (primary N) is 1. The fraction of sp³-hybridized carbons (Fsp3) is 0.846. The van der Waals surface area contributed by atoms with E-state index in [1.54, 1.807) is 0 Å². The van der Waals surface area contributed by atoms with Crippen molar-refractivity contribution < 1.29 is 4.79 Å². The molecule has 0 aromatic heterocycles. The van der Waals surface area contributed by atoms with E-state index in [1.807, 2.05) is 4.90 Å². The Morgan fingerprint density at radius 1 is 0.895 bits per heavy atom. The van der Waals surface area contributed by atoms with Gasteiger partial charge in [-0.25, -0.2) is 0 Å². The van der Waals surface area contributed by atoms with Gasteiger partial charge in [0.25, 0.3) is 0 Å². The lowest BCUT2D eigenvalue weighted by atomic mass is 10.1. The van der Waals surface area contributed by atoms with Gasteiger partial charge in [-0.2, -0.15) is 0 Å². The number of thiocarbonyl (C=S) groups is 1. The van der Waals surface area contributed by atoms with Crippen LogP contribution in [-0.2, 0) is 4.79 Å². The Bertz CT molecular complexity index is 323. The summed E-state index contributed by atoms with van der Waals surface area (Å²) < 4.78 is 0. The number of hydrogen-bond acceptors (Lipinski definition) is 4. The van der Waals surface area contributed by atoms with Crippen LogP contribution in [0.3, 0.4) is 0 Å². The van der Waals surface area contributed by atoms with E-state index in [0.717, 1.165) is 52.1 Å². The molecule has 6 heteroatoms. The molecule has 2 saturated heterocycles. The van der Waals surface area contributed by atoms with Crippen LogP contribution in [0.4, 0.5) is 0 Å². The zero-order valence-corrected chi connectivity index (χ0v) is 12.3. The van der Waals surface area contributed by atoms with Gasteiger partial charge in [-0.05, 0) is 19.3 Å². The zero-order chi connectivity index (χ0) is 13.7. The van der Waals surface area contributed by atoms with Gasteiger partial charge in [0, 0.05) is 45.8 Å². The van der Waals surface area contributed by atoms with Crippen LogP contribution < -0.4 is 5.73 Å². The third-order valence-electron chi connectivity index (χ3n) is 3.91. The molecule has 0 atom stereocenters. The quantitative estimate of drug-likeness (QED) is 0.731. The van der Waals surface area contributed by atoms with Crippen molar-refractivity contribution in [1.82, 2.24) is 14.7 Å². The molecule has 0 saturated carbocycles. The number of piperazine rings is 1. The van der Waals surface area contributed by atoms with Crippen molar-refractivity contribution in [2.75, 3.05) is 52.4 Å². The highest BCUT2D eigenvalue weighted by Crippen LogP contribution is 2.10. The normalized spacial score (nSPS) is 22.4. The van der Waals surface area contributed by atoms with E-state index in [-0.39, 0.29) is 0 Å². The third kappa shape index (κ3) is 4.71. The smallest absolute Gasteiger partial charge is 0.236 e. The second-order valence-electron chi connectivity index (χ2n) is 5.46.